The molecule has 5 heteroatoms. The van der Waals surface area contributed by atoms with Crippen LogP contribution in [0.15, 0.2) is 0 Å². The van der Waals surface area contributed by atoms with Gasteiger partial charge in [0.05, 0.1) is 6.61 Å². The van der Waals surface area contributed by atoms with E-state index in [0.29, 0.717) is 32.5 Å². The highest BCUT2D eigenvalue weighted by atomic mass is 16.5. The van der Waals surface area contributed by atoms with E-state index in [1.807, 2.05) is 0 Å². The predicted molar refractivity (Wildman–Crippen MR) is 111 cm³/mol. The molecule has 0 fully saturated rings. The highest BCUT2D eigenvalue weighted by molar-refractivity contribution is 5.69. The van der Waals surface area contributed by atoms with Crippen LogP contribution in [0.5, 0.6) is 0 Å². The molecule has 0 unspecified atom stereocenters. The highest BCUT2D eigenvalue weighted by Crippen LogP contribution is 2.07. The molecular formula is C22H44O5. The van der Waals surface area contributed by atoms with Crippen molar-refractivity contribution >= 4 is 11.9 Å². The van der Waals surface area contributed by atoms with Gasteiger partial charge in [0.25, 0.3) is 0 Å². The molecule has 0 aliphatic carbocycles. The maximum atomic E-state index is 11.3. The summed E-state index contributed by atoms with van der Waals surface area (Å²) in [5.41, 5.74) is 0. The van der Waals surface area contributed by atoms with Crippen LogP contribution in [0.25, 0.3) is 0 Å². The maximum Gasteiger partial charge on any atom is 0.305 e. The van der Waals surface area contributed by atoms with E-state index >= 15 is 0 Å². The maximum absolute atomic E-state index is 11.3. The Kier molecular flexibility index (Phi) is 25.9. The third-order valence-electron chi connectivity index (χ3n) is 4.29. The minimum Gasteiger partial charge on any atom is -0.481 e. The lowest BCUT2D eigenvalue weighted by Crippen LogP contribution is -2.06. The number of hydrogen-bond donors (Lipinski definition) is 2. The Bertz CT molecular complexity index is 312. The van der Waals surface area contributed by atoms with Crippen LogP contribution >= 0.6 is 0 Å². The van der Waals surface area contributed by atoms with Gasteiger partial charge in [0.2, 0.25) is 0 Å². The van der Waals surface area contributed by atoms with E-state index in [9.17, 15) is 9.59 Å². The number of unbranched alkanes of at least 4 members (excludes halogenated alkanes) is 11. The molecule has 0 aliphatic rings. The summed E-state index contributed by atoms with van der Waals surface area (Å²) in [7, 11) is 0. The second-order valence-electron chi connectivity index (χ2n) is 7.08. The number of esters is 1. The van der Waals surface area contributed by atoms with Gasteiger partial charge >= 0.3 is 11.9 Å². The molecule has 0 saturated carbocycles. The van der Waals surface area contributed by atoms with E-state index in [1.54, 1.807) is 0 Å². The standard InChI is InChI=1S/C15H28O4.C7H16O/c1-2-3-4-5-6-7-10-13-19-15(18)12-9-8-11-14(16)17;1-2-3-4-5-6-7-8/h2-13H2,1H3,(H,16,17);8H,2-7H2,1H3. The molecule has 0 spiro atoms. The fraction of sp³-hybridized carbons (Fsp3) is 0.909. The number of aliphatic carboxylic acids is 1. The van der Waals surface area contributed by atoms with Gasteiger partial charge < -0.3 is 14.9 Å². The topological polar surface area (TPSA) is 83.8 Å². The number of carbonyl (C=O) groups is 2. The third kappa shape index (κ3) is 29.9. The smallest absolute Gasteiger partial charge is 0.305 e. The van der Waals surface area contributed by atoms with Crippen LogP contribution in [0.3, 0.4) is 0 Å². The summed E-state index contributed by atoms with van der Waals surface area (Å²) >= 11 is 0. The quantitative estimate of drug-likeness (QED) is 0.226. The molecule has 0 aromatic carbocycles. The lowest BCUT2D eigenvalue weighted by Gasteiger charge is -2.04. The summed E-state index contributed by atoms with van der Waals surface area (Å²) in [6.07, 6.45) is 16.1. The minimum absolute atomic E-state index is 0.130. The van der Waals surface area contributed by atoms with Gasteiger partial charge in [0, 0.05) is 19.4 Å². The molecule has 0 atom stereocenters. The number of hydrogen-bond acceptors (Lipinski definition) is 4. The molecular weight excluding hydrogens is 344 g/mol. The molecule has 2 N–H and O–H groups in total. The van der Waals surface area contributed by atoms with E-state index < -0.39 is 5.97 Å². The summed E-state index contributed by atoms with van der Waals surface area (Å²) in [4.78, 5) is 21.6. The molecule has 5 nitrogen and oxygen atoms in total. The second kappa shape index (κ2) is 24.9. The fourth-order valence-electron chi connectivity index (χ4n) is 2.58. The molecule has 0 aliphatic heterocycles. The third-order valence-corrected chi connectivity index (χ3v) is 4.29. The first-order valence-electron chi connectivity index (χ1n) is 11.1. The van der Waals surface area contributed by atoms with Crippen molar-refractivity contribution in [2.45, 2.75) is 117 Å². The lowest BCUT2D eigenvalue weighted by molar-refractivity contribution is -0.144. The van der Waals surface area contributed by atoms with Crippen LogP contribution in [-0.2, 0) is 14.3 Å². The summed E-state index contributed by atoms with van der Waals surface area (Å²) in [6, 6.07) is 0. The van der Waals surface area contributed by atoms with Crippen molar-refractivity contribution < 1.29 is 24.5 Å². The van der Waals surface area contributed by atoms with Gasteiger partial charge in [-0.15, -0.1) is 0 Å². The van der Waals surface area contributed by atoms with E-state index in [1.165, 1.54) is 57.8 Å². The van der Waals surface area contributed by atoms with E-state index in [-0.39, 0.29) is 12.4 Å². The summed E-state index contributed by atoms with van der Waals surface area (Å²) < 4.78 is 5.09. The number of rotatable bonds is 18. The largest absolute Gasteiger partial charge is 0.481 e. The molecule has 0 aromatic rings. The monoisotopic (exact) mass is 388 g/mol. The molecule has 27 heavy (non-hydrogen) atoms. The van der Waals surface area contributed by atoms with Gasteiger partial charge in [-0.3, -0.25) is 9.59 Å². The Balaban J connectivity index is 0. The van der Waals surface area contributed by atoms with Crippen molar-refractivity contribution in [3.63, 3.8) is 0 Å². The zero-order valence-corrected chi connectivity index (χ0v) is 17.8. The van der Waals surface area contributed by atoms with E-state index in [2.05, 4.69) is 13.8 Å². The zero-order chi connectivity index (χ0) is 20.6. The SMILES string of the molecule is CCCCCCCCCOC(=O)CCCCC(=O)O.CCCCCCCO. The number of carbonyl (C=O) groups excluding carboxylic acids is 1. The van der Waals surface area contributed by atoms with E-state index in [4.69, 9.17) is 14.9 Å². The first-order valence-corrected chi connectivity index (χ1v) is 11.1. The number of carboxylic acid groups (broad SMARTS) is 1. The number of ether oxygens (including phenoxy) is 1. The number of aliphatic hydroxyl groups excluding tert-OH is 1. The van der Waals surface area contributed by atoms with Crippen LogP contribution in [-0.4, -0.2) is 35.4 Å². The van der Waals surface area contributed by atoms with Gasteiger partial charge in [0.15, 0.2) is 0 Å². The van der Waals surface area contributed by atoms with Gasteiger partial charge in [-0.2, -0.15) is 0 Å². The molecule has 0 saturated heterocycles. The van der Waals surface area contributed by atoms with Crippen molar-refractivity contribution in [3.8, 4) is 0 Å². The highest BCUT2D eigenvalue weighted by Gasteiger charge is 2.03. The molecule has 0 heterocycles. The summed E-state index contributed by atoms with van der Waals surface area (Å²) in [5, 5.41) is 16.8. The Morgan fingerprint density at radius 1 is 0.667 bits per heavy atom. The average molecular weight is 389 g/mol. The van der Waals surface area contributed by atoms with Gasteiger partial charge in [-0.05, 0) is 25.7 Å². The Morgan fingerprint density at radius 3 is 1.67 bits per heavy atom. The predicted octanol–water partition coefficient (Wildman–Crippen LogP) is 5.87. The molecule has 0 bridgehead atoms. The molecule has 0 radical (unpaired) electrons. The van der Waals surface area contributed by atoms with Gasteiger partial charge in [-0.25, -0.2) is 0 Å². The second-order valence-corrected chi connectivity index (χ2v) is 7.08. The van der Waals surface area contributed by atoms with Crippen molar-refractivity contribution in [1.82, 2.24) is 0 Å². The van der Waals surface area contributed by atoms with Crippen molar-refractivity contribution in [1.29, 1.82) is 0 Å². The molecule has 0 rings (SSSR count). The number of aliphatic hydroxyl groups is 1. The van der Waals surface area contributed by atoms with Crippen LogP contribution in [0.1, 0.15) is 117 Å². The molecule has 0 aromatic heterocycles. The van der Waals surface area contributed by atoms with E-state index in [0.717, 1.165) is 19.3 Å². The Hall–Kier alpha value is -1.10. The van der Waals surface area contributed by atoms with Crippen LogP contribution < -0.4 is 0 Å². The first-order chi connectivity index (χ1) is 13.1. The zero-order valence-electron chi connectivity index (χ0n) is 17.8. The van der Waals surface area contributed by atoms with Gasteiger partial charge in [-0.1, -0.05) is 78.1 Å². The van der Waals surface area contributed by atoms with Crippen LogP contribution in [0.2, 0.25) is 0 Å². The fourth-order valence-corrected chi connectivity index (χ4v) is 2.58. The normalized spacial score (nSPS) is 10.2. The van der Waals surface area contributed by atoms with Crippen LogP contribution in [0.4, 0.5) is 0 Å². The van der Waals surface area contributed by atoms with Gasteiger partial charge in [0.1, 0.15) is 0 Å². The summed E-state index contributed by atoms with van der Waals surface area (Å²) in [5.74, 6) is -1.01. The molecule has 0 amide bonds. The number of carboxylic acids is 1. The molecule has 162 valence electrons. The Labute approximate surface area is 166 Å². The minimum atomic E-state index is -0.809. The average Bonchev–Trinajstić information content (AvgIpc) is 2.65. The lowest BCUT2D eigenvalue weighted by atomic mass is 10.1. The van der Waals surface area contributed by atoms with Crippen molar-refractivity contribution in [2.75, 3.05) is 13.2 Å². The summed E-state index contributed by atoms with van der Waals surface area (Å²) in [6.45, 7) is 5.27. The first kappa shape index (κ1) is 28.1. The Morgan fingerprint density at radius 2 is 1.15 bits per heavy atom. The van der Waals surface area contributed by atoms with Crippen molar-refractivity contribution in [2.24, 2.45) is 0 Å². The van der Waals surface area contributed by atoms with Crippen molar-refractivity contribution in [3.05, 3.63) is 0 Å². The van der Waals surface area contributed by atoms with Crippen LogP contribution in [0, 0.1) is 0 Å².